The van der Waals surface area contributed by atoms with Crippen molar-refractivity contribution < 1.29 is 32.4 Å². The fraction of sp³-hybridized carbons (Fsp3) is 0.125. The minimum atomic E-state index is -5.33. The number of carbonyl (C=O) groups is 1. The Morgan fingerprint density at radius 1 is 1.35 bits per heavy atom. The van der Waals surface area contributed by atoms with E-state index in [1.165, 1.54) is 0 Å². The number of hydrogen-bond donors (Lipinski definition) is 1. The van der Waals surface area contributed by atoms with Crippen LogP contribution in [0, 0.1) is 15.9 Å². The summed E-state index contributed by atoms with van der Waals surface area (Å²) in [4.78, 5) is 19.6. The molecule has 0 unspecified atom stereocenters. The zero-order valence-corrected chi connectivity index (χ0v) is 7.79. The molecule has 0 saturated carbocycles. The van der Waals surface area contributed by atoms with Crippen LogP contribution in [0.1, 0.15) is 15.9 Å². The molecule has 0 atom stereocenters. The standard InChI is InChI=1S/C8H3F4NO4/c9-3-1-2-4(13(16)17)5(7(14)15)6(3)8(10,11)12/h1-2H,(H,14,15). The van der Waals surface area contributed by atoms with Crippen LogP contribution in [0.2, 0.25) is 0 Å². The van der Waals surface area contributed by atoms with Gasteiger partial charge in [-0.1, -0.05) is 0 Å². The smallest absolute Gasteiger partial charge is 0.420 e. The molecule has 0 aliphatic heterocycles. The Kier molecular flexibility index (Phi) is 3.03. The lowest BCUT2D eigenvalue weighted by Crippen LogP contribution is -2.17. The van der Waals surface area contributed by atoms with E-state index in [2.05, 4.69) is 0 Å². The lowest BCUT2D eigenvalue weighted by atomic mass is 10.0. The molecule has 0 amide bonds. The number of nitrogens with zero attached hydrogens (tertiary/aromatic N) is 1. The van der Waals surface area contributed by atoms with Gasteiger partial charge in [0.15, 0.2) is 5.56 Å². The van der Waals surface area contributed by atoms with Crippen LogP contribution in [0.4, 0.5) is 23.2 Å². The van der Waals surface area contributed by atoms with Crippen molar-refractivity contribution in [1.82, 2.24) is 0 Å². The lowest BCUT2D eigenvalue weighted by Gasteiger charge is -2.10. The maximum absolute atomic E-state index is 12.9. The number of hydrogen-bond acceptors (Lipinski definition) is 3. The van der Waals surface area contributed by atoms with Crippen LogP contribution in [0.25, 0.3) is 0 Å². The first-order valence-corrected chi connectivity index (χ1v) is 3.93. The van der Waals surface area contributed by atoms with E-state index in [0.29, 0.717) is 6.07 Å². The third kappa shape index (κ3) is 2.32. The number of rotatable bonds is 2. The number of carboxylic acids is 1. The van der Waals surface area contributed by atoms with Crippen molar-refractivity contribution in [1.29, 1.82) is 0 Å². The summed E-state index contributed by atoms with van der Waals surface area (Å²) in [6, 6.07) is 0.571. The average molecular weight is 253 g/mol. The number of halogens is 4. The van der Waals surface area contributed by atoms with Crippen molar-refractivity contribution >= 4 is 11.7 Å². The Labute approximate surface area is 90.4 Å². The zero-order valence-electron chi connectivity index (χ0n) is 7.79. The molecule has 5 nitrogen and oxygen atoms in total. The zero-order chi connectivity index (χ0) is 13.4. The highest BCUT2D eigenvalue weighted by Gasteiger charge is 2.42. The Balaban J connectivity index is 3.73. The van der Waals surface area contributed by atoms with Gasteiger partial charge in [0, 0.05) is 6.07 Å². The Morgan fingerprint density at radius 2 is 1.88 bits per heavy atom. The van der Waals surface area contributed by atoms with Crippen molar-refractivity contribution in [2.45, 2.75) is 6.18 Å². The summed E-state index contributed by atoms with van der Waals surface area (Å²) >= 11 is 0. The van der Waals surface area contributed by atoms with E-state index in [-0.39, 0.29) is 6.07 Å². The summed E-state index contributed by atoms with van der Waals surface area (Å²) in [5.41, 5.74) is -5.17. The SMILES string of the molecule is O=C(O)c1c([N+](=O)[O-])ccc(F)c1C(F)(F)F. The molecule has 1 aromatic rings. The van der Waals surface area contributed by atoms with Gasteiger partial charge in [-0.25, -0.2) is 9.18 Å². The highest BCUT2D eigenvalue weighted by Crippen LogP contribution is 2.37. The van der Waals surface area contributed by atoms with Gasteiger partial charge < -0.3 is 5.11 Å². The molecule has 0 fully saturated rings. The van der Waals surface area contributed by atoms with Crippen LogP contribution in [0.3, 0.4) is 0 Å². The first-order valence-electron chi connectivity index (χ1n) is 3.93. The predicted octanol–water partition coefficient (Wildman–Crippen LogP) is 2.45. The molecule has 17 heavy (non-hydrogen) atoms. The van der Waals surface area contributed by atoms with Crippen molar-refractivity contribution in [3.05, 3.63) is 39.2 Å². The van der Waals surface area contributed by atoms with E-state index in [1.807, 2.05) is 0 Å². The fourth-order valence-electron chi connectivity index (χ4n) is 1.21. The molecule has 0 saturated heterocycles. The molecule has 0 bridgehead atoms. The summed E-state index contributed by atoms with van der Waals surface area (Å²) < 4.78 is 50.1. The highest BCUT2D eigenvalue weighted by molar-refractivity contribution is 5.94. The van der Waals surface area contributed by atoms with Crippen LogP contribution >= 0.6 is 0 Å². The van der Waals surface area contributed by atoms with Crippen LogP contribution < -0.4 is 0 Å². The molecule has 0 aliphatic carbocycles. The van der Waals surface area contributed by atoms with Gasteiger partial charge >= 0.3 is 12.1 Å². The molecular weight excluding hydrogens is 250 g/mol. The normalized spacial score (nSPS) is 11.3. The number of benzene rings is 1. The summed E-state index contributed by atoms with van der Waals surface area (Å²) in [6.07, 6.45) is -5.33. The van der Waals surface area contributed by atoms with Crippen LogP contribution in [0.15, 0.2) is 12.1 Å². The van der Waals surface area contributed by atoms with Crippen molar-refractivity contribution in [3.63, 3.8) is 0 Å². The Hall–Kier alpha value is -2.19. The van der Waals surface area contributed by atoms with Crippen LogP contribution in [-0.4, -0.2) is 16.0 Å². The molecule has 1 N–H and O–H groups in total. The van der Waals surface area contributed by atoms with E-state index in [9.17, 15) is 32.5 Å². The van der Waals surface area contributed by atoms with Crippen molar-refractivity contribution in [2.24, 2.45) is 0 Å². The number of carboxylic acid groups (broad SMARTS) is 1. The second-order valence-electron chi connectivity index (χ2n) is 2.88. The van der Waals surface area contributed by atoms with Crippen molar-refractivity contribution in [2.75, 3.05) is 0 Å². The summed E-state index contributed by atoms with van der Waals surface area (Å²) in [6.45, 7) is 0. The predicted molar refractivity (Wildman–Crippen MR) is 45.0 cm³/mol. The van der Waals surface area contributed by atoms with Gasteiger partial charge in [0.2, 0.25) is 0 Å². The highest BCUT2D eigenvalue weighted by atomic mass is 19.4. The number of nitro benzene ring substituents is 1. The summed E-state index contributed by atoms with van der Waals surface area (Å²) in [7, 11) is 0. The van der Waals surface area contributed by atoms with Gasteiger partial charge in [-0.15, -0.1) is 0 Å². The van der Waals surface area contributed by atoms with Crippen molar-refractivity contribution in [3.8, 4) is 0 Å². The minimum absolute atomic E-state index is 0.202. The van der Waals surface area contributed by atoms with E-state index in [4.69, 9.17) is 5.11 Å². The second-order valence-corrected chi connectivity index (χ2v) is 2.88. The van der Waals surface area contributed by atoms with Gasteiger partial charge in [0.1, 0.15) is 11.4 Å². The Bertz CT molecular complexity index is 497. The van der Waals surface area contributed by atoms with E-state index < -0.39 is 39.7 Å². The van der Waals surface area contributed by atoms with E-state index >= 15 is 0 Å². The first-order chi connectivity index (χ1) is 7.66. The second kappa shape index (κ2) is 4.00. The Morgan fingerprint density at radius 3 is 2.24 bits per heavy atom. The van der Waals surface area contributed by atoms with E-state index in [0.717, 1.165) is 0 Å². The minimum Gasteiger partial charge on any atom is -0.477 e. The number of nitro groups is 1. The molecular formula is C8H3F4NO4. The maximum atomic E-state index is 12.9. The van der Waals surface area contributed by atoms with Gasteiger partial charge in [0.05, 0.1) is 4.92 Å². The fourth-order valence-corrected chi connectivity index (χ4v) is 1.21. The quantitative estimate of drug-likeness (QED) is 0.498. The first kappa shape index (κ1) is 12.9. The van der Waals surface area contributed by atoms with Gasteiger partial charge in [-0.05, 0) is 6.07 Å². The topological polar surface area (TPSA) is 80.4 Å². The lowest BCUT2D eigenvalue weighted by molar-refractivity contribution is -0.385. The average Bonchev–Trinajstić information content (AvgIpc) is 2.14. The molecule has 0 aliphatic rings. The molecule has 0 aromatic heterocycles. The number of aromatic carboxylic acids is 1. The largest absolute Gasteiger partial charge is 0.477 e. The molecule has 0 radical (unpaired) electrons. The van der Waals surface area contributed by atoms with Crippen LogP contribution in [-0.2, 0) is 6.18 Å². The molecule has 0 heterocycles. The van der Waals surface area contributed by atoms with E-state index in [1.54, 1.807) is 0 Å². The van der Waals surface area contributed by atoms with Gasteiger partial charge in [0.25, 0.3) is 5.69 Å². The molecule has 92 valence electrons. The monoisotopic (exact) mass is 253 g/mol. The maximum Gasteiger partial charge on any atom is 0.420 e. The molecule has 1 rings (SSSR count). The third-order valence-electron chi connectivity index (χ3n) is 1.83. The molecule has 0 spiro atoms. The summed E-state index contributed by atoms with van der Waals surface area (Å²) in [5.74, 6) is -4.09. The third-order valence-corrected chi connectivity index (χ3v) is 1.83. The van der Waals surface area contributed by atoms with Gasteiger partial charge in [-0.3, -0.25) is 10.1 Å². The van der Waals surface area contributed by atoms with Gasteiger partial charge in [-0.2, -0.15) is 13.2 Å². The van der Waals surface area contributed by atoms with Crippen LogP contribution in [0.5, 0.6) is 0 Å². The number of alkyl halides is 3. The molecule has 9 heteroatoms. The molecule has 1 aromatic carbocycles. The summed E-state index contributed by atoms with van der Waals surface area (Å²) in [5, 5.41) is 18.9.